The van der Waals surface area contributed by atoms with Gasteiger partial charge in [-0.3, -0.25) is 4.98 Å². The minimum absolute atomic E-state index is 0.121. The number of pyridine rings is 1. The minimum Gasteiger partial charge on any atom is -0.370 e. The highest BCUT2D eigenvalue weighted by atomic mass is 35.5. The topological polar surface area (TPSA) is 36.3 Å². The molecule has 5 nitrogen and oxygen atoms in total. The fourth-order valence-electron chi connectivity index (χ4n) is 5.77. The Labute approximate surface area is 235 Å². The van der Waals surface area contributed by atoms with Crippen molar-refractivity contribution in [1.82, 2.24) is 14.9 Å². The van der Waals surface area contributed by atoms with Gasteiger partial charge in [-0.15, -0.1) is 0 Å². The van der Waals surface area contributed by atoms with Gasteiger partial charge in [-0.05, 0) is 92.0 Å². The summed E-state index contributed by atoms with van der Waals surface area (Å²) in [5.41, 5.74) is 6.52. The van der Waals surface area contributed by atoms with Gasteiger partial charge in [-0.1, -0.05) is 42.8 Å². The number of aryl methyl sites for hydroxylation is 1. The number of benzene rings is 2. The van der Waals surface area contributed by atoms with Crippen molar-refractivity contribution in [3.8, 4) is 5.69 Å². The molecule has 2 aliphatic rings. The van der Waals surface area contributed by atoms with Gasteiger partial charge in [0.2, 0.25) is 0 Å². The number of nitrogens with one attached hydrogen (secondary N) is 1. The zero-order chi connectivity index (χ0) is 26.2. The fraction of sp³-hybridized carbons (Fsp3) is 0.290. The fourth-order valence-corrected chi connectivity index (χ4v) is 6.41. The van der Waals surface area contributed by atoms with Crippen LogP contribution in [0.15, 0.2) is 85.2 Å². The molecule has 38 heavy (non-hydrogen) atoms. The van der Waals surface area contributed by atoms with Gasteiger partial charge < -0.3 is 19.7 Å². The third-order valence-electron chi connectivity index (χ3n) is 7.89. The molecule has 2 atom stereocenters. The van der Waals surface area contributed by atoms with Crippen molar-refractivity contribution in [2.45, 2.75) is 38.8 Å². The average molecular weight is 542 g/mol. The van der Waals surface area contributed by atoms with Crippen molar-refractivity contribution in [3.63, 3.8) is 0 Å². The molecule has 2 saturated heterocycles. The SMILES string of the molecule is Cc1ccccc1-n1cccc1[C@@H]1[C@H](c2ccccn2)NC(=S)N1c1ccc(N2CCC(C)CC2)c(Cl)c1. The second kappa shape index (κ2) is 10.4. The molecule has 0 amide bonds. The zero-order valence-corrected chi connectivity index (χ0v) is 23.3. The Morgan fingerprint density at radius 2 is 1.74 bits per heavy atom. The molecule has 0 unspecified atom stereocenters. The van der Waals surface area contributed by atoms with Gasteiger partial charge in [0.15, 0.2) is 5.11 Å². The van der Waals surface area contributed by atoms with Crippen LogP contribution in [-0.2, 0) is 0 Å². The molecular weight excluding hydrogens is 510 g/mol. The van der Waals surface area contributed by atoms with E-state index in [0.29, 0.717) is 5.11 Å². The maximum Gasteiger partial charge on any atom is 0.174 e. The number of piperidine rings is 1. The summed E-state index contributed by atoms with van der Waals surface area (Å²) in [5, 5.41) is 5.00. The van der Waals surface area contributed by atoms with Crippen molar-refractivity contribution in [1.29, 1.82) is 0 Å². The smallest absolute Gasteiger partial charge is 0.174 e. The van der Waals surface area contributed by atoms with Crippen LogP contribution in [-0.4, -0.2) is 27.8 Å². The molecule has 2 aromatic carbocycles. The van der Waals surface area contributed by atoms with Crippen LogP contribution < -0.4 is 15.1 Å². The lowest BCUT2D eigenvalue weighted by Crippen LogP contribution is -2.33. The first-order chi connectivity index (χ1) is 18.5. The summed E-state index contributed by atoms with van der Waals surface area (Å²) in [7, 11) is 0. The molecule has 0 radical (unpaired) electrons. The lowest BCUT2D eigenvalue weighted by Gasteiger charge is -2.33. The molecule has 0 saturated carbocycles. The van der Waals surface area contributed by atoms with E-state index in [0.717, 1.165) is 52.5 Å². The first-order valence-corrected chi connectivity index (χ1v) is 14.1. The van der Waals surface area contributed by atoms with E-state index in [9.17, 15) is 0 Å². The van der Waals surface area contributed by atoms with Crippen LogP contribution in [0, 0.1) is 12.8 Å². The molecule has 4 aromatic rings. The van der Waals surface area contributed by atoms with Gasteiger partial charge in [-0.25, -0.2) is 0 Å². The lowest BCUT2D eigenvalue weighted by atomic mass is 9.98. The Morgan fingerprint density at radius 3 is 2.47 bits per heavy atom. The molecule has 194 valence electrons. The predicted molar refractivity (Wildman–Crippen MR) is 161 cm³/mol. The highest BCUT2D eigenvalue weighted by molar-refractivity contribution is 7.80. The Kier molecular flexibility index (Phi) is 6.85. The van der Waals surface area contributed by atoms with E-state index < -0.39 is 0 Å². The van der Waals surface area contributed by atoms with Gasteiger partial charge >= 0.3 is 0 Å². The van der Waals surface area contributed by atoms with Gasteiger partial charge in [0.05, 0.1) is 22.4 Å². The standard InChI is InChI=1S/C31H32ClN5S/c1-21-14-18-35(19-15-21)27-13-12-23(20-24(27)32)37-30(29(34-31(37)38)25-9-5-6-16-33-25)28-11-7-17-36(28)26-10-4-3-8-22(26)2/h3-13,16-17,20-21,29-30H,14-15,18-19H2,1-2H3,(H,34,38)/t29-,30+/m0/s1. The second-order valence-corrected chi connectivity index (χ2v) is 11.2. The number of aromatic nitrogens is 2. The summed E-state index contributed by atoms with van der Waals surface area (Å²) in [6, 6.07) is 24.9. The number of hydrogen-bond acceptors (Lipinski definition) is 3. The molecule has 6 rings (SSSR count). The van der Waals surface area contributed by atoms with Crippen LogP contribution in [0.1, 0.15) is 48.8 Å². The first kappa shape index (κ1) is 25.0. The van der Waals surface area contributed by atoms with E-state index >= 15 is 0 Å². The van der Waals surface area contributed by atoms with Crippen LogP contribution in [0.5, 0.6) is 0 Å². The maximum absolute atomic E-state index is 6.95. The van der Waals surface area contributed by atoms with E-state index in [-0.39, 0.29) is 12.1 Å². The van der Waals surface area contributed by atoms with E-state index in [4.69, 9.17) is 28.8 Å². The summed E-state index contributed by atoms with van der Waals surface area (Å²) in [4.78, 5) is 9.32. The van der Waals surface area contributed by atoms with Gasteiger partial charge in [-0.2, -0.15) is 0 Å². The Bertz CT molecular complexity index is 1440. The Balaban J connectivity index is 1.43. The average Bonchev–Trinajstić information content (AvgIpc) is 3.54. The van der Waals surface area contributed by atoms with E-state index in [2.05, 4.69) is 100 Å². The van der Waals surface area contributed by atoms with Gasteiger partial charge in [0, 0.05) is 42.6 Å². The molecular formula is C31H32ClN5S. The molecule has 2 aromatic heterocycles. The molecule has 1 N–H and O–H groups in total. The largest absolute Gasteiger partial charge is 0.370 e. The summed E-state index contributed by atoms with van der Waals surface area (Å²) >= 11 is 12.9. The van der Waals surface area contributed by atoms with Crippen molar-refractivity contribution < 1.29 is 0 Å². The summed E-state index contributed by atoms with van der Waals surface area (Å²) in [6.45, 7) is 6.55. The van der Waals surface area contributed by atoms with Crippen molar-refractivity contribution >= 4 is 40.3 Å². The molecule has 0 bridgehead atoms. The maximum atomic E-state index is 6.95. The third kappa shape index (κ3) is 4.56. The second-order valence-electron chi connectivity index (χ2n) is 10.4. The number of thiocarbonyl (C=S) groups is 1. The lowest BCUT2D eigenvalue weighted by molar-refractivity contribution is 0.438. The molecule has 7 heteroatoms. The highest BCUT2D eigenvalue weighted by Crippen LogP contribution is 2.44. The minimum atomic E-state index is -0.122. The first-order valence-electron chi connectivity index (χ1n) is 13.3. The number of rotatable bonds is 5. The summed E-state index contributed by atoms with van der Waals surface area (Å²) in [6.07, 6.45) is 6.36. The van der Waals surface area contributed by atoms with E-state index in [1.807, 2.05) is 18.3 Å². The van der Waals surface area contributed by atoms with E-state index in [1.54, 1.807) is 0 Å². The van der Waals surface area contributed by atoms with E-state index in [1.165, 1.54) is 18.4 Å². The molecule has 2 aliphatic heterocycles. The third-order valence-corrected chi connectivity index (χ3v) is 8.51. The summed E-state index contributed by atoms with van der Waals surface area (Å²) < 4.78 is 2.27. The van der Waals surface area contributed by atoms with Crippen LogP contribution in [0.2, 0.25) is 5.02 Å². The number of para-hydroxylation sites is 1. The van der Waals surface area contributed by atoms with Crippen molar-refractivity contribution in [3.05, 3.63) is 107 Å². The molecule has 0 spiro atoms. The van der Waals surface area contributed by atoms with Crippen molar-refractivity contribution in [2.75, 3.05) is 22.9 Å². The van der Waals surface area contributed by atoms with Gasteiger partial charge in [0.1, 0.15) is 6.04 Å². The number of halogens is 1. The molecule has 2 fully saturated rings. The van der Waals surface area contributed by atoms with Crippen LogP contribution >= 0.6 is 23.8 Å². The Morgan fingerprint density at radius 1 is 0.947 bits per heavy atom. The molecule has 0 aliphatic carbocycles. The quantitative estimate of drug-likeness (QED) is 0.269. The zero-order valence-electron chi connectivity index (χ0n) is 21.7. The normalized spacial score (nSPS) is 20.1. The predicted octanol–water partition coefficient (Wildman–Crippen LogP) is 7.25. The van der Waals surface area contributed by atoms with Crippen LogP contribution in [0.4, 0.5) is 11.4 Å². The monoisotopic (exact) mass is 541 g/mol. The number of anilines is 2. The molecule has 4 heterocycles. The Hall–Kier alpha value is -3.35. The highest BCUT2D eigenvalue weighted by Gasteiger charge is 2.42. The number of hydrogen-bond donors (Lipinski definition) is 1. The van der Waals surface area contributed by atoms with Crippen LogP contribution in [0.25, 0.3) is 5.69 Å². The number of nitrogens with zero attached hydrogens (tertiary/aromatic N) is 4. The van der Waals surface area contributed by atoms with Crippen molar-refractivity contribution in [2.24, 2.45) is 5.92 Å². The van der Waals surface area contributed by atoms with Crippen LogP contribution in [0.3, 0.4) is 0 Å². The summed E-state index contributed by atoms with van der Waals surface area (Å²) in [5.74, 6) is 0.770. The van der Waals surface area contributed by atoms with Gasteiger partial charge in [0.25, 0.3) is 0 Å².